The van der Waals surface area contributed by atoms with Gasteiger partial charge in [0.05, 0.1) is 16.3 Å². The van der Waals surface area contributed by atoms with Crippen LogP contribution in [0.2, 0.25) is 0 Å². The van der Waals surface area contributed by atoms with Gasteiger partial charge in [-0.1, -0.05) is 50.2 Å². The molecule has 0 aliphatic heterocycles. The molecule has 0 amide bonds. The van der Waals surface area contributed by atoms with Crippen LogP contribution in [0.5, 0.6) is 0 Å². The Morgan fingerprint density at radius 2 is 1.93 bits per heavy atom. The number of rotatable bonds is 8. The van der Waals surface area contributed by atoms with E-state index in [0.717, 1.165) is 33.9 Å². The summed E-state index contributed by atoms with van der Waals surface area (Å²) in [6.07, 6.45) is 5.53. The normalized spacial score (nSPS) is 12.4. The number of hydrogen-bond acceptors (Lipinski definition) is 7. The highest BCUT2D eigenvalue weighted by atomic mass is 32.1. The van der Waals surface area contributed by atoms with E-state index in [9.17, 15) is 4.91 Å². The summed E-state index contributed by atoms with van der Waals surface area (Å²) in [5, 5.41) is 11.5. The molecule has 0 aliphatic rings. The van der Waals surface area contributed by atoms with Gasteiger partial charge in [0.25, 0.3) is 0 Å². The molecular formula is C21H22N6OS. The molecule has 2 aromatic heterocycles. The lowest BCUT2D eigenvalue weighted by Crippen LogP contribution is -2.20. The van der Waals surface area contributed by atoms with Gasteiger partial charge in [-0.05, 0) is 47.0 Å². The van der Waals surface area contributed by atoms with Crippen molar-refractivity contribution in [2.24, 2.45) is 11.1 Å². The first-order valence-corrected chi connectivity index (χ1v) is 10.5. The molecular weight excluding hydrogens is 384 g/mol. The van der Waals surface area contributed by atoms with E-state index < -0.39 is 0 Å². The minimum absolute atomic E-state index is 0.165. The van der Waals surface area contributed by atoms with Gasteiger partial charge in [0, 0.05) is 5.69 Å². The SMILES string of the molecule is CCC(CC)C(c1ccc(Nc2nc3ccc(N=O)cc3s2)cc1)n1cncn1. The fraction of sp³-hybridized carbons (Fsp3) is 0.286. The van der Waals surface area contributed by atoms with Crippen LogP contribution in [0.15, 0.2) is 60.3 Å². The zero-order chi connectivity index (χ0) is 20.2. The third-order valence-corrected chi connectivity index (χ3v) is 6.13. The maximum Gasteiger partial charge on any atom is 0.188 e. The molecule has 1 N–H and O–H groups in total. The van der Waals surface area contributed by atoms with E-state index >= 15 is 0 Å². The average molecular weight is 407 g/mol. The zero-order valence-electron chi connectivity index (χ0n) is 16.3. The minimum atomic E-state index is 0.165. The Morgan fingerprint density at radius 3 is 2.59 bits per heavy atom. The molecule has 0 bridgehead atoms. The van der Waals surface area contributed by atoms with Gasteiger partial charge in [-0.25, -0.2) is 14.6 Å². The maximum absolute atomic E-state index is 10.7. The minimum Gasteiger partial charge on any atom is -0.332 e. The number of nitrogens with zero attached hydrogens (tertiary/aromatic N) is 5. The van der Waals surface area contributed by atoms with Crippen LogP contribution in [0, 0.1) is 10.8 Å². The summed E-state index contributed by atoms with van der Waals surface area (Å²) in [7, 11) is 0. The van der Waals surface area contributed by atoms with Crippen molar-refractivity contribution in [3.05, 3.63) is 65.6 Å². The Labute approximate surface area is 172 Å². The molecule has 7 nitrogen and oxygen atoms in total. The molecule has 0 saturated carbocycles. The van der Waals surface area contributed by atoms with Crippen LogP contribution in [-0.4, -0.2) is 19.7 Å². The Hall–Kier alpha value is -3.13. The quantitative estimate of drug-likeness (QED) is 0.360. The van der Waals surface area contributed by atoms with Gasteiger partial charge >= 0.3 is 0 Å². The van der Waals surface area contributed by atoms with Crippen molar-refractivity contribution < 1.29 is 0 Å². The summed E-state index contributed by atoms with van der Waals surface area (Å²) >= 11 is 1.50. The first-order chi connectivity index (χ1) is 14.2. The number of thiazole rings is 1. The van der Waals surface area contributed by atoms with Crippen LogP contribution >= 0.6 is 11.3 Å². The highest BCUT2D eigenvalue weighted by molar-refractivity contribution is 7.22. The molecule has 0 aliphatic carbocycles. The Kier molecular flexibility index (Phi) is 5.62. The van der Waals surface area contributed by atoms with Gasteiger partial charge in [-0.2, -0.15) is 5.10 Å². The Balaban J connectivity index is 1.57. The van der Waals surface area contributed by atoms with Gasteiger partial charge in [0.1, 0.15) is 18.3 Å². The number of benzene rings is 2. The number of fused-ring (bicyclic) bond motifs is 1. The number of nitrogens with one attached hydrogen (secondary N) is 1. The highest BCUT2D eigenvalue weighted by Crippen LogP contribution is 2.33. The van der Waals surface area contributed by atoms with E-state index in [4.69, 9.17) is 0 Å². The van der Waals surface area contributed by atoms with Crippen molar-refractivity contribution in [2.75, 3.05) is 5.32 Å². The summed E-state index contributed by atoms with van der Waals surface area (Å²) in [6, 6.07) is 13.8. The van der Waals surface area contributed by atoms with E-state index in [0.29, 0.717) is 11.6 Å². The van der Waals surface area contributed by atoms with E-state index in [2.05, 4.69) is 63.7 Å². The molecule has 0 radical (unpaired) electrons. The van der Waals surface area contributed by atoms with E-state index in [1.807, 2.05) is 10.7 Å². The van der Waals surface area contributed by atoms with Crippen LogP contribution < -0.4 is 5.32 Å². The molecule has 0 saturated heterocycles. The first kappa shape index (κ1) is 19.2. The average Bonchev–Trinajstić information content (AvgIpc) is 3.41. The van der Waals surface area contributed by atoms with Gasteiger partial charge in [0.2, 0.25) is 0 Å². The molecule has 4 rings (SSSR count). The number of aromatic nitrogens is 4. The van der Waals surface area contributed by atoms with Crippen LogP contribution in [0.25, 0.3) is 10.2 Å². The lowest BCUT2D eigenvalue weighted by atomic mass is 9.89. The lowest BCUT2D eigenvalue weighted by molar-refractivity contribution is 0.332. The van der Waals surface area contributed by atoms with Gasteiger partial charge in [-0.3, -0.25) is 0 Å². The van der Waals surface area contributed by atoms with Crippen molar-refractivity contribution in [1.29, 1.82) is 0 Å². The van der Waals surface area contributed by atoms with Gasteiger partial charge in [0.15, 0.2) is 5.13 Å². The summed E-state index contributed by atoms with van der Waals surface area (Å²) in [6.45, 7) is 4.43. The molecule has 0 fully saturated rings. The third kappa shape index (κ3) is 4.02. The Bertz CT molecular complexity index is 1090. The second-order valence-electron chi connectivity index (χ2n) is 6.91. The number of hydrogen-bond donors (Lipinski definition) is 1. The molecule has 2 aromatic carbocycles. The van der Waals surface area contributed by atoms with E-state index in [-0.39, 0.29) is 6.04 Å². The topological polar surface area (TPSA) is 85.1 Å². The smallest absolute Gasteiger partial charge is 0.188 e. The molecule has 1 unspecified atom stereocenters. The summed E-state index contributed by atoms with van der Waals surface area (Å²) in [5.41, 5.74) is 3.43. The molecule has 4 aromatic rings. The highest BCUT2D eigenvalue weighted by Gasteiger charge is 2.23. The summed E-state index contributed by atoms with van der Waals surface area (Å²) < 4.78 is 2.88. The Morgan fingerprint density at radius 1 is 1.14 bits per heavy atom. The first-order valence-electron chi connectivity index (χ1n) is 9.66. The van der Waals surface area contributed by atoms with Crippen LogP contribution in [0.4, 0.5) is 16.5 Å². The van der Waals surface area contributed by atoms with Crippen molar-refractivity contribution in [3.8, 4) is 0 Å². The fourth-order valence-electron chi connectivity index (χ4n) is 3.65. The third-order valence-electron chi connectivity index (χ3n) is 5.20. The van der Waals surface area contributed by atoms with Crippen LogP contribution in [0.3, 0.4) is 0 Å². The number of anilines is 2. The molecule has 8 heteroatoms. The second kappa shape index (κ2) is 8.48. The summed E-state index contributed by atoms with van der Waals surface area (Å²) in [5.74, 6) is 0.486. The molecule has 0 spiro atoms. The second-order valence-corrected chi connectivity index (χ2v) is 7.94. The monoisotopic (exact) mass is 406 g/mol. The predicted molar refractivity (Wildman–Crippen MR) is 117 cm³/mol. The molecule has 29 heavy (non-hydrogen) atoms. The lowest BCUT2D eigenvalue weighted by Gasteiger charge is -2.26. The van der Waals surface area contributed by atoms with E-state index in [1.165, 1.54) is 16.9 Å². The van der Waals surface area contributed by atoms with Crippen molar-refractivity contribution >= 4 is 38.1 Å². The van der Waals surface area contributed by atoms with Crippen molar-refractivity contribution in [3.63, 3.8) is 0 Å². The zero-order valence-corrected chi connectivity index (χ0v) is 17.1. The largest absolute Gasteiger partial charge is 0.332 e. The number of nitroso groups, excluding NO2 is 1. The van der Waals surface area contributed by atoms with Crippen molar-refractivity contribution in [2.45, 2.75) is 32.7 Å². The molecule has 1 atom stereocenters. The standard InChI is InChI=1S/C21H22N6OS/c1-3-14(4-2)20(27-13-22-12-23-27)15-5-7-16(8-6-15)24-21-25-18-10-9-17(26-28)11-19(18)29-21/h5-14,20H,3-4H2,1-2H3,(H,24,25). The van der Waals surface area contributed by atoms with E-state index in [1.54, 1.807) is 24.8 Å². The van der Waals surface area contributed by atoms with Crippen LogP contribution in [0.1, 0.15) is 38.3 Å². The maximum atomic E-state index is 10.7. The molecule has 148 valence electrons. The molecule has 2 heterocycles. The van der Waals surface area contributed by atoms with Crippen molar-refractivity contribution in [1.82, 2.24) is 19.7 Å². The summed E-state index contributed by atoms with van der Waals surface area (Å²) in [4.78, 5) is 19.4. The van der Waals surface area contributed by atoms with Gasteiger partial charge in [-0.15, -0.1) is 4.91 Å². The fourth-order valence-corrected chi connectivity index (χ4v) is 4.57. The van der Waals surface area contributed by atoms with Gasteiger partial charge < -0.3 is 5.32 Å². The van der Waals surface area contributed by atoms with Crippen LogP contribution in [-0.2, 0) is 0 Å². The predicted octanol–water partition coefficient (Wildman–Crippen LogP) is 6.05.